The summed E-state index contributed by atoms with van der Waals surface area (Å²) in [6.07, 6.45) is 1.42. The maximum Gasteiger partial charge on any atom is 0.415 e. The van der Waals surface area contributed by atoms with Gasteiger partial charge in [0, 0.05) is 6.20 Å². The Morgan fingerprint density at radius 3 is 2.84 bits per heavy atom. The first-order valence-corrected chi connectivity index (χ1v) is 7.93. The topological polar surface area (TPSA) is 76.6 Å². The number of anilines is 1. The number of carbonyl (C=O) groups excluding carboxylic acids is 1. The van der Waals surface area contributed by atoms with Gasteiger partial charge in [-0.05, 0) is 25.5 Å². The average Bonchev–Trinajstić information content (AvgIpc) is 2.71. The monoisotopic (exact) mass is 284 g/mol. The van der Waals surface area contributed by atoms with Crippen molar-refractivity contribution in [2.45, 2.75) is 19.4 Å². The predicted molar refractivity (Wildman–Crippen MR) is 70.8 cm³/mol. The predicted octanol–water partition coefficient (Wildman–Crippen LogP) is 1.23. The van der Waals surface area contributed by atoms with Gasteiger partial charge < -0.3 is 4.74 Å². The molecule has 1 amide bonds. The second kappa shape index (κ2) is 5.56. The summed E-state index contributed by atoms with van der Waals surface area (Å²) in [5.74, 6) is 0.478. The second-order valence-corrected chi connectivity index (χ2v) is 6.54. The summed E-state index contributed by atoms with van der Waals surface area (Å²) in [6.45, 7) is 1.95. The fourth-order valence-electron chi connectivity index (χ4n) is 2.10. The lowest BCUT2D eigenvalue weighted by molar-refractivity contribution is 0.157. The molecule has 1 aromatic rings. The number of rotatable bonds is 3. The molecule has 1 atom stereocenters. The Morgan fingerprint density at radius 2 is 2.32 bits per heavy atom. The number of hydrogen-bond donors (Lipinski definition) is 0. The maximum absolute atomic E-state index is 12.0. The van der Waals surface area contributed by atoms with E-state index >= 15 is 0 Å². The van der Waals surface area contributed by atoms with Gasteiger partial charge in [0.15, 0.2) is 9.84 Å². The summed E-state index contributed by atoms with van der Waals surface area (Å²) < 4.78 is 28.1. The van der Waals surface area contributed by atoms with Crippen molar-refractivity contribution >= 4 is 21.7 Å². The fourth-order valence-corrected chi connectivity index (χ4v) is 3.80. The van der Waals surface area contributed by atoms with Crippen LogP contribution in [0.1, 0.15) is 13.3 Å². The molecule has 2 rings (SSSR count). The third kappa shape index (κ3) is 3.23. The third-order valence-electron chi connectivity index (χ3n) is 2.93. The van der Waals surface area contributed by atoms with Crippen molar-refractivity contribution in [3.05, 3.63) is 24.4 Å². The van der Waals surface area contributed by atoms with Crippen LogP contribution in [-0.4, -0.2) is 43.6 Å². The van der Waals surface area contributed by atoms with E-state index in [0.717, 1.165) is 0 Å². The Hall–Kier alpha value is -1.63. The lowest BCUT2D eigenvalue weighted by Crippen LogP contribution is -2.42. The zero-order valence-electron chi connectivity index (χ0n) is 10.7. The van der Waals surface area contributed by atoms with Crippen LogP contribution < -0.4 is 4.90 Å². The van der Waals surface area contributed by atoms with Gasteiger partial charge in [0.1, 0.15) is 5.82 Å². The van der Waals surface area contributed by atoms with Crippen LogP contribution in [0.25, 0.3) is 0 Å². The minimum atomic E-state index is -3.07. The molecule has 19 heavy (non-hydrogen) atoms. The molecule has 0 saturated carbocycles. The van der Waals surface area contributed by atoms with Crippen molar-refractivity contribution in [3.63, 3.8) is 0 Å². The van der Waals surface area contributed by atoms with E-state index in [1.54, 1.807) is 31.3 Å². The molecule has 7 heteroatoms. The van der Waals surface area contributed by atoms with Crippen LogP contribution in [0.3, 0.4) is 0 Å². The molecule has 0 radical (unpaired) electrons. The highest BCUT2D eigenvalue weighted by molar-refractivity contribution is 7.91. The second-order valence-electron chi connectivity index (χ2n) is 4.31. The molecular weight excluding hydrogens is 268 g/mol. The molecule has 0 spiro atoms. The van der Waals surface area contributed by atoms with Crippen LogP contribution in [0.15, 0.2) is 24.4 Å². The standard InChI is InChI=1S/C12H16N2O4S/c1-2-18-12(15)14(11-5-3-4-7-13-11)10-6-8-19(16,17)9-10/h3-5,7,10H,2,6,8-9H2,1H3. The van der Waals surface area contributed by atoms with Crippen molar-refractivity contribution in [1.29, 1.82) is 0 Å². The summed E-state index contributed by atoms with van der Waals surface area (Å²) >= 11 is 0. The molecule has 1 aliphatic rings. The van der Waals surface area contributed by atoms with Gasteiger partial charge in [-0.15, -0.1) is 0 Å². The van der Waals surface area contributed by atoms with Crippen LogP contribution in [-0.2, 0) is 14.6 Å². The smallest absolute Gasteiger partial charge is 0.415 e. The summed E-state index contributed by atoms with van der Waals surface area (Å²) in [5, 5.41) is 0. The van der Waals surface area contributed by atoms with Crippen molar-refractivity contribution < 1.29 is 17.9 Å². The van der Waals surface area contributed by atoms with E-state index in [1.165, 1.54) is 4.90 Å². The van der Waals surface area contributed by atoms with E-state index in [-0.39, 0.29) is 18.1 Å². The maximum atomic E-state index is 12.0. The quantitative estimate of drug-likeness (QED) is 0.834. The van der Waals surface area contributed by atoms with Gasteiger partial charge in [0.05, 0.1) is 24.2 Å². The third-order valence-corrected chi connectivity index (χ3v) is 4.68. The van der Waals surface area contributed by atoms with Gasteiger partial charge in [0.25, 0.3) is 0 Å². The molecule has 6 nitrogen and oxygen atoms in total. The molecule has 104 valence electrons. The summed E-state index contributed by atoms with van der Waals surface area (Å²) in [6, 6.07) is 4.75. The first-order valence-electron chi connectivity index (χ1n) is 6.11. The van der Waals surface area contributed by atoms with Gasteiger partial charge in [0.2, 0.25) is 0 Å². The highest BCUT2D eigenvalue weighted by Gasteiger charge is 2.36. The number of nitrogens with zero attached hydrogens (tertiary/aromatic N) is 2. The molecule has 1 aromatic heterocycles. The largest absolute Gasteiger partial charge is 0.449 e. The molecule has 1 unspecified atom stereocenters. The first kappa shape index (κ1) is 13.8. The molecule has 0 aliphatic carbocycles. The molecule has 0 aromatic carbocycles. The lowest BCUT2D eigenvalue weighted by Gasteiger charge is -2.26. The van der Waals surface area contributed by atoms with E-state index in [9.17, 15) is 13.2 Å². The SMILES string of the molecule is CCOC(=O)N(c1ccccn1)C1CCS(=O)(=O)C1. The van der Waals surface area contributed by atoms with Gasteiger partial charge in [-0.1, -0.05) is 6.07 Å². The highest BCUT2D eigenvalue weighted by Crippen LogP contribution is 2.23. The van der Waals surface area contributed by atoms with Crippen molar-refractivity contribution in [1.82, 2.24) is 4.98 Å². The first-order chi connectivity index (χ1) is 9.03. The fraction of sp³-hybridized carbons (Fsp3) is 0.500. The zero-order chi connectivity index (χ0) is 13.9. The van der Waals surface area contributed by atoms with E-state index in [4.69, 9.17) is 4.74 Å². The molecule has 1 fully saturated rings. The Bertz CT molecular complexity index is 544. The number of amides is 1. The molecule has 1 saturated heterocycles. The highest BCUT2D eigenvalue weighted by atomic mass is 32.2. The molecule has 1 aliphatic heterocycles. The van der Waals surface area contributed by atoms with Crippen molar-refractivity contribution in [3.8, 4) is 0 Å². The van der Waals surface area contributed by atoms with E-state index in [0.29, 0.717) is 12.2 Å². The normalized spacial score (nSPS) is 21.0. The number of carbonyl (C=O) groups is 1. The van der Waals surface area contributed by atoms with Gasteiger partial charge in [-0.25, -0.2) is 18.2 Å². The summed E-state index contributed by atoms with van der Waals surface area (Å²) in [4.78, 5) is 17.5. The number of sulfone groups is 1. The van der Waals surface area contributed by atoms with E-state index in [1.807, 2.05) is 0 Å². The summed E-state index contributed by atoms with van der Waals surface area (Å²) in [5.41, 5.74) is 0. The summed E-state index contributed by atoms with van der Waals surface area (Å²) in [7, 11) is -3.07. The molecule has 2 heterocycles. The van der Waals surface area contributed by atoms with Crippen LogP contribution in [0, 0.1) is 0 Å². The number of hydrogen-bond acceptors (Lipinski definition) is 5. The van der Waals surface area contributed by atoms with Crippen molar-refractivity contribution in [2.24, 2.45) is 0 Å². The minimum absolute atomic E-state index is 0.0393. The van der Waals surface area contributed by atoms with Gasteiger partial charge in [-0.3, -0.25) is 4.90 Å². The Labute approximate surface area is 112 Å². The van der Waals surface area contributed by atoms with Crippen molar-refractivity contribution in [2.75, 3.05) is 23.0 Å². The lowest BCUT2D eigenvalue weighted by atomic mass is 10.2. The molecular formula is C12H16N2O4S. The van der Waals surface area contributed by atoms with Crippen LogP contribution in [0.2, 0.25) is 0 Å². The molecule has 0 bridgehead atoms. The van der Waals surface area contributed by atoms with Gasteiger partial charge >= 0.3 is 6.09 Å². The Morgan fingerprint density at radius 1 is 1.53 bits per heavy atom. The number of pyridine rings is 1. The zero-order valence-corrected chi connectivity index (χ0v) is 11.5. The van der Waals surface area contributed by atoms with Gasteiger partial charge in [-0.2, -0.15) is 0 Å². The molecule has 0 N–H and O–H groups in total. The number of aromatic nitrogens is 1. The number of ether oxygens (including phenoxy) is 1. The minimum Gasteiger partial charge on any atom is -0.449 e. The average molecular weight is 284 g/mol. The Kier molecular flexibility index (Phi) is 4.04. The van der Waals surface area contributed by atoms with Crippen LogP contribution >= 0.6 is 0 Å². The van der Waals surface area contributed by atoms with E-state index < -0.39 is 22.0 Å². The van der Waals surface area contributed by atoms with E-state index in [2.05, 4.69) is 4.98 Å². The Balaban J connectivity index is 2.28. The van der Waals surface area contributed by atoms with Crippen LogP contribution in [0.5, 0.6) is 0 Å². The van der Waals surface area contributed by atoms with Crippen LogP contribution in [0.4, 0.5) is 10.6 Å².